The molecule has 0 bridgehead atoms. The van der Waals surface area contributed by atoms with Gasteiger partial charge in [0.25, 0.3) is 17.3 Å². The van der Waals surface area contributed by atoms with Gasteiger partial charge in [0, 0.05) is 34.9 Å². The molecule has 3 aromatic rings. The number of benzene rings is 2. The fourth-order valence-electron chi connectivity index (χ4n) is 2.63. The van der Waals surface area contributed by atoms with E-state index in [1.807, 2.05) is 0 Å². The Hall–Kier alpha value is -4.20. The molecule has 0 unspecified atom stereocenters. The first-order chi connectivity index (χ1) is 15.2. The fourth-order valence-corrected chi connectivity index (χ4v) is 3.07. The molecule has 12 heteroatoms. The molecule has 1 amide bonds. The van der Waals surface area contributed by atoms with E-state index in [9.17, 15) is 30.3 Å². The number of nitrogens with one attached hydrogen (secondary N) is 1. The number of nitrogens with zero attached hydrogens (tertiary/aromatic N) is 3. The minimum Gasteiger partial charge on any atom is -0.457 e. The number of hydrogen-bond donors (Lipinski definition) is 1. The number of anilines is 1. The van der Waals surface area contributed by atoms with Crippen molar-refractivity contribution in [1.29, 1.82) is 5.26 Å². The molecule has 160 valence electrons. The third-order valence-electron chi connectivity index (χ3n) is 4.11. The van der Waals surface area contributed by atoms with Crippen LogP contribution in [0.15, 0.2) is 58.5 Å². The van der Waals surface area contributed by atoms with Crippen LogP contribution in [0.4, 0.5) is 17.1 Å². The lowest BCUT2D eigenvalue weighted by Crippen LogP contribution is -2.14. The summed E-state index contributed by atoms with van der Waals surface area (Å²) < 4.78 is 5.57. The maximum atomic E-state index is 12.5. The van der Waals surface area contributed by atoms with Crippen LogP contribution < -0.4 is 5.32 Å². The van der Waals surface area contributed by atoms with Gasteiger partial charge in [0.05, 0.1) is 14.9 Å². The lowest BCUT2D eigenvalue weighted by Gasteiger charge is -2.05. The Morgan fingerprint density at radius 2 is 1.81 bits per heavy atom. The molecular formula is C20H10Cl2N4O6. The number of non-ortho nitro benzene ring substituents is 1. The van der Waals surface area contributed by atoms with Crippen LogP contribution >= 0.6 is 23.2 Å². The highest BCUT2D eigenvalue weighted by Gasteiger charge is 2.19. The summed E-state index contributed by atoms with van der Waals surface area (Å²) in [7, 11) is 0. The summed E-state index contributed by atoms with van der Waals surface area (Å²) in [4.78, 5) is 33.1. The second-order valence-electron chi connectivity index (χ2n) is 6.17. The van der Waals surface area contributed by atoms with Crippen molar-refractivity contribution in [2.75, 3.05) is 5.32 Å². The molecule has 0 saturated heterocycles. The first-order valence-corrected chi connectivity index (χ1v) is 9.36. The molecule has 1 N–H and O–H groups in total. The molecule has 0 aliphatic rings. The van der Waals surface area contributed by atoms with Crippen molar-refractivity contribution in [2.45, 2.75) is 0 Å². The summed E-state index contributed by atoms with van der Waals surface area (Å²) in [6.07, 6.45) is 1.14. The van der Waals surface area contributed by atoms with Crippen molar-refractivity contribution in [3.63, 3.8) is 0 Å². The zero-order valence-corrected chi connectivity index (χ0v) is 17.3. The number of hydrogen-bond acceptors (Lipinski definition) is 7. The molecule has 32 heavy (non-hydrogen) atoms. The molecule has 0 fully saturated rings. The Morgan fingerprint density at radius 1 is 1.06 bits per heavy atom. The van der Waals surface area contributed by atoms with Crippen molar-refractivity contribution in [2.24, 2.45) is 0 Å². The predicted molar refractivity (Wildman–Crippen MR) is 116 cm³/mol. The lowest BCUT2D eigenvalue weighted by atomic mass is 10.1. The Bertz CT molecular complexity index is 1330. The van der Waals surface area contributed by atoms with Crippen molar-refractivity contribution >= 4 is 52.2 Å². The third-order valence-corrected chi connectivity index (χ3v) is 4.66. The van der Waals surface area contributed by atoms with Gasteiger partial charge in [0.1, 0.15) is 28.9 Å². The molecule has 1 heterocycles. The molecule has 0 spiro atoms. The quantitative estimate of drug-likeness (QED) is 0.211. The fraction of sp³-hybridized carbons (Fsp3) is 0. The molecule has 0 radical (unpaired) electrons. The topological polar surface area (TPSA) is 152 Å². The van der Waals surface area contributed by atoms with Crippen LogP contribution in [-0.4, -0.2) is 15.8 Å². The Balaban J connectivity index is 1.86. The normalized spacial score (nSPS) is 11.0. The number of carbonyl (C=O) groups is 1. The van der Waals surface area contributed by atoms with Gasteiger partial charge < -0.3 is 9.73 Å². The summed E-state index contributed by atoms with van der Waals surface area (Å²) in [6.45, 7) is 0. The Morgan fingerprint density at radius 3 is 2.44 bits per heavy atom. The maximum absolute atomic E-state index is 12.5. The standard InChI is InChI=1S/C20H10Cl2N4O6/c21-12-1-5-17(18(8-12)26(30)31)24-20(27)11(10-23)7-14-3-6-19(32-14)15-4-2-13(25(28)29)9-16(15)22/h1-9H,(H,24,27)/b11-7+. The summed E-state index contributed by atoms with van der Waals surface area (Å²) in [5.74, 6) is -0.529. The van der Waals surface area contributed by atoms with E-state index in [-0.39, 0.29) is 38.5 Å². The van der Waals surface area contributed by atoms with Crippen LogP contribution in [-0.2, 0) is 4.79 Å². The van der Waals surface area contributed by atoms with Gasteiger partial charge in [-0.25, -0.2) is 0 Å². The van der Waals surface area contributed by atoms with Crippen LogP contribution in [0.25, 0.3) is 17.4 Å². The van der Waals surface area contributed by atoms with Crippen LogP contribution in [0, 0.1) is 31.6 Å². The number of nitriles is 1. The second kappa shape index (κ2) is 9.30. The monoisotopic (exact) mass is 472 g/mol. The molecule has 0 atom stereocenters. The van der Waals surface area contributed by atoms with E-state index in [0.29, 0.717) is 5.56 Å². The van der Waals surface area contributed by atoms with Gasteiger partial charge in [0.15, 0.2) is 0 Å². The minimum atomic E-state index is -0.899. The van der Waals surface area contributed by atoms with Crippen molar-refractivity contribution < 1.29 is 19.1 Å². The number of rotatable bonds is 6. The number of halogens is 2. The van der Waals surface area contributed by atoms with Crippen molar-refractivity contribution in [1.82, 2.24) is 0 Å². The van der Waals surface area contributed by atoms with Crippen LogP contribution in [0.1, 0.15) is 5.76 Å². The van der Waals surface area contributed by atoms with Gasteiger partial charge in [-0.3, -0.25) is 25.0 Å². The number of nitro benzene ring substituents is 2. The number of furan rings is 1. The molecule has 0 saturated carbocycles. The highest BCUT2D eigenvalue weighted by atomic mass is 35.5. The lowest BCUT2D eigenvalue weighted by molar-refractivity contribution is -0.384. The third kappa shape index (κ3) is 4.92. The second-order valence-corrected chi connectivity index (χ2v) is 7.01. The molecule has 0 aliphatic heterocycles. The summed E-state index contributed by atoms with van der Waals surface area (Å²) in [6, 6.07) is 12.2. The van der Waals surface area contributed by atoms with E-state index in [0.717, 1.165) is 12.1 Å². The first kappa shape index (κ1) is 22.5. The molecule has 1 aromatic heterocycles. The van der Waals surface area contributed by atoms with Gasteiger partial charge in [-0.1, -0.05) is 23.2 Å². The SMILES string of the molecule is N#C/C(=C\c1ccc(-c2ccc([N+](=O)[O-])cc2Cl)o1)C(=O)Nc1ccc(Cl)cc1[N+](=O)[O-]. The zero-order chi connectivity index (χ0) is 23.4. The molecule has 10 nitrogen and oxygen atoms in total. The van der Waals surface area contributed by atoms with Crippen LogP contribution in [0.2, 0.25) is 10.0 Å². The van der Waals surface area contributed by atoms with E-state index >= 15 is 0 Å². The summed E-state index contributed by atoms with van der Waals surface area (Å²) in [5, 5.41) is 33.8. The summed E-state index contributed by atoms with van der Waals surface area (Å²) in [5.41, 5.74) is -0.772. The van der Waals surface area contributed by atoms with E-state index in [1.54, 1.807) is 6.07 Å². The zero-order valence-electron chi connectivity index (χ0n) is 15.7. The largest absolute Gasteiger partial charge is 0.457 e. The van der Waals surface area contributed by atoms with E-state index in [4.69, 9.17) is 27.6 Å². The molecule has 3 rings (SSSR count). The van der Waals surface area contributed by atoms with Gasteiger partial charge >= 0.3 is 0 Å². The Kier molecular flexibility index (Phi) is 6.53. The van der Waals surface area contributed by atoms with Crippen LogP contribution in [0.5, 0.6) is 0 Å². The van der Waals surface area contributed by atoms with Crippen molar-refractivity contribution in [3.05, 3.63) is 90.1 Å². The molecule has 0 aliphatic carbocycles. The molecular weight excluding hydrogens is 463 g/mol. The van der Waals surface area contributed by atoms with Gasteiger partial charge in [0.2, 0.25) is 0 Å². The van der Waals surface area contributed by atoms with E-state index in [1.165, 1.54) is 42.5 Å². The highest BCUT2D eigenvalue weighted by molar-refractivity contribution is 6.33. The van der Waals surface area contributed by atoms with Crippen LogP contribution in [0.3, 0.4) is 0 Å². The van der Waals surface area contributed by atoms with Gasteiger partial charge in [-0.15, -0.1) is 0 Å². The average molecular weight is 473 g/mol. The van der Waals surface area contributed by atoms with Gasteiger partial charge in [-0.05, 0) is 30.3 Å². The smallest absolute Gasteiger partial charge is 0.294 e. The van der Waals surface area contributed by atoms with E-state index < -0.39 is 21.4 Å². The number of nitro groups is 2. The predicted octanol–water partition coefficient (Wildman–Crippen LogP) is 5.62. The number of amides is 1. The number of carbonyl (C=O) groups excluding carboxylic acids is 1. The summed E-state index contributed by atoms with van der Waals surface area (Å²) >= 11 is 11.8. The molecule has 2 aromatic carbocycles. The Labute approximate surface area is 189 Å². The van der Waals surface area contributed by atoms with Crippen molar-refractivity contribution in [3.8, 4) is 17.4 Å². The minimum absolute atomic E-state index is 0.0809. The average Bonchev–Trinajstić information content (AvgIpc) is 3.21. The first-order valence-electron chi connectivity index (χ1n) is 8.61. The van der Waals surface area contributed by atoms with E-state index in [2.05, 4.69) is 5.32 Å². The maximum Gasteiger partial charge on any atom is 0.294 e. The van der Waals surface area contributed by atoms with Gasteiger partial charge in [-0.2, -0.15) is 5.26 Å². The highest BCUT2D eigenvalue weighted by Crippen LogP contribution is 2.33.